The van der Waals surface area contributed by atoms with Crippen LogP contribution >= 0.6 is 11.1 Å². The maximum atomic E-state index is 9.10. The molecule has 2 heteroatoms. The molecule has 398 valence electrons. The van der Waals surface area contributed by atoms with Crippen molar-refractivity contribution in [2.24, 2.45) is 0 Å². The summed E-state index contributed by atoms with van der Waals surface area (Å²) in [5.74, 6) is 0. The van der Waals surface area contributed by atoms with E-state index in [9.17, 15) is 0 Å². The lowest BCUT2D eigenvalue weighted by Crippen LogP contribution is -2.63. The van der Waals surface area contributed by atoms with Gasteiger partial charge in [-0.05, 0) is 269 Å². The molecule has 0 saturated heterocycles. The zero-order valence-corrected chi connectivity index (χ0v) is 48.6. The second kappa shape index (κ2) is 19.1. The summed E-state index contributed by atoms with van der Waals surface area (Å²) in [6.45, 7) is 0. The molecule has 0 saturated carbocycles. The highest BCUT2D eigenvalue weighted by molar-refractivity contribution is 7.40. The van der Waals surface area contributed by atoms with Crippen LogP contribution in [0.4, 0.5) is 0 Å². The largest absolute Gasteiger partial charge is 0.248 e. The fraction of sp³-hybridized carbons (Fsp3) is 0. The molecule has 0 heterocycles. The van der Waals surface area contributed by atoms with Crippen molar-refractivity contribution >= 4 is 163 Å². The van der Waals surface area contributed by atoms with E-state index in [2.05, 4.69) is 309 Å². The quantitative estimate of drug-likeness (QED) is 0.0512. The first-order valence-corrected chi connectivity index (χ1v) is 32.8. The molecule has 0 radical (unpaired) electrons. The second-order valence-electron chi connectivity index (χ2n) is 23.7. The summed E-state index contributed by atoms with van der Waals surface area (Å²) in [6.07, 6.45) is 0. The topological polar surface area (TPSA) is 0 Å². The standard InChI is InChI=1S/C84H51ClSi/c85-86(70-31-13-28-64(37-70)73-49-67-34-52-16-1-4-19-55(52)40-76(67)82-46-61-25-10-7-22-58(61)43-79(73)82,71-32-14-29-65(38-71)74-50-68-35-53-17-2-5-20-56(53)41-77(68)83-47-62-26-11-8-23-59(62)44-80(74)83)72-33-15-30-66(39-72)75-51-69-36-54-18-3-6-21-57(54)42-78(69)84-48-63-27-12-9-24-60(63)45-81(75)84/h1-51H. The normalized spacial score (nSPS) is 12.2. The summed E-state index contributed by atoms with van der Waals surface area (Å²) < 4.78 is 0. The van der Waals surface area contributed by atoms with E-state index in [1.807, 2.05) is 0 Å². The van der Waals surface area contributed by atoms with Gasteiger partial charge in [-0.2, -0.15) is 0 Å². The van der Waals surface area contributed by atoms with Gasteiger partial charge in [-0.25, -0.2) is 0 Å². The number of halogens is 1. The Morgan fingerprint density at radius 3 is 0.616 bits per heavy atom. The number of benzene rings is 18. The molecule has 0 aliphatic rings. The average molecular weight is 1120 g/mol. The number of hydrogen-bond acceptors (Lipinski definition) is 0. The summed E-state index contributed by atoms with van der Waals surface area (Å²) in [5.41, 5.74) is 6.99. The molecule has 0 aliphatic carbocycles. The van der Waals surface area contributed by atoms with Crippen LogP contribution in [0.1, 0.15) is 0 Å². The molecule has 0 fully saturated rings. The Balaban J connectivity index is 0.893. The van der Waals surface area contributed by atoms with Gasteiger partial charge in [0.05, 0.1) is 0 Å². The minimum Gasteiger partial charge on any atom is -0.149 e. The summed E-state index contributed by atoms with van der Waals surface area (Å²) in [5, 5.41) is 32.9. The molecule has 86 heavy (non-hydrogen) atoms. The molecule has 0 atom stereocenters. The van der Waals surface area contributed by atoms with Crippen molar-refractivity contribution < 1.29 is 0 Å². The van der Waals surface area contributed by atoms with Crippen molar-refractivity contribution in [3.05, 3.63) is 309 Å². The van der Waals surface area contributed by atoms with Crippen LogP contribution in [0.15, 0.2) is 309 Å². The third kappa shape index (κ3) is 7.76. The number of fused-ring (bicyclic) bond motifs is 15. The van der Waals surface area contributed by atoms with Crippen molar-refractivity contribution in [1.29, 1.82) is 0 Å². The Morgan fingerprint density at radius 1 is 0.163 bits per heavy atom. The molecule has 18 rings (SSSR count). The summed E-state index contributed by atoms with van der Waals surface area (Å²) >= 11 is 9.10. The van der Waals surface area contributed by atoms with E-state index in [-0.39, 0.29) is 0 Å². The molecule has 0 amide bonds. The van der Waals surface area contributed by atoms with Crippen molar-refractivity contribution in [2.75, 3.05) is 0 Å². The van der Waals surface area contributed by atoms with E-state index in [0.29, 0.717) is 0 Å². The van der Waals surface area contributed by atoms with Gasteiger partial charge in [-0.3, -0.25) is 0 Å². The smallest absolute Gasteiger partial charge is 0.149 e. The maximum Gasteiger partial charge on any atom is 0.248 e. The molecule has 0 bridgehead atoms. The highest BCUT2D eigenvalue weighted by Crippen LogP contribution is 2.43. The minimum absolute atomic E-state index is 1.13. The van der Waals surface area contributed by atoms with Crippen molar-refractivity contribution in [3.63, 3.8) is 0 Å². The molecule has 18 aromatic carbocycles. The van der Waals surface area contributed by atoms with E-state index in [1.54, 1.807) is 0 Å². The monoisotopic (exact) mass is 1120 g/mol. The van der Waals surface area contributed by atoms with E-state index >= 15 is 0 Å². The van der Waals surface area contributed by atoms with Crippen LogP contribution in [-0.2, 0) is 0 Å². The van der Waals surface area contributed by atoms with Crippen LogP contribution in [0.25, 0.3) is 163 Å². The van der Waals surface area contributed by atoms with Gasteiger partial charge >= 0.3 is 0 Å². The van der Waals surface area contributed by atoms with Crippen LogP contribution in [0, 0.1) is 0 Å². The van der Waals surface area contributed by atoms with E-state index in [0.717, 1.165) is 32.3 Å². The molecular formula is C84H51ClSi. The predicted molar refractivity (Wildman–Crippen MR) is 376 cm³/mol. The highest BCUT2D eigenvalue weighted by atomic mass is 35.6. The Hall–Kier alpha value is -10.4. The van der Waals surface area contributed by atoms with Crippen molar-refractivity contribution in [3.8, 4) is 33.4 Å². The first-order chi connectivity index (χ1) is 42.4. The van der Waals surface area contributed by atoms with E-state index < -0.39 is 7.38 Å². The highest BCUT2D eigenvalue weighted by Gasteiger charge is 2.39. The van der Waals surface area contributed by atoms with Gasteiger partial charge < -0.3 is 0 Å². The molecule has 0 spiro atoms. The fourth-order valence-electron chi connectivity index (χ4n) is 14.5. The Bertz CT molecular complexity index is 5360. The fourth-order valence-corrected chi connectivity index (χ4v) is 18.6. The summed E-state index contributed by atoms with van der Waals surface area (Å²) in [6, 6.07) is 116. The second-order valence-corrected chi connectivity index (χ2v) is 28.4. The lowest BCUT2D eigenvalue weighted by molar-refractivity contribution is 1.66. The van der Waals surface area contributed by atoms with Gasteiger partial charge in [0.25, 0.3) is 0 Å². The summed E-state index contributed by atoms with van der Waals surface area (Å²) in [7, 11) is -3.50. The van der Waals surface area contributed by atoms with Gasteiger partial charge in [0, 0.05) is 0 Å². The lowest BCUT2D eigenvalue weighted by Gasteiger charge is -2.28. The first kappa shape index (κ1) is 49.1. The maximum absolute atomic E-state index is 9.10. The molecule has 0 nitrogen and oxygen atoms in total. The Kier molecular flexibility index (Phi) is 10.9. The molecule has 18 aromatic rings. The third-order valence-electron chi connectivity index (χ3n) is 18.8. The van der Waals surface area contributed by atoms with Crippen LogP contribution < -0.4 is 15.6 Å². The van der Waals surface area contributed by atoms with Crippen LogP contribution in [-0.4, -0.2) is 7.38 Å². The van der Waals surface area contributed by atoms with E-state index in [4.69, 9.17) is 11.1 Å². The molecule has 0 aliphatic heterocycles. The zero-order valence-electron chi connectivity index (χ0n) is 46.8. The molecular weight excluding hydrogens is 1070 g/mol. The Morgan fingerprint density at radius 2 is 0.372 bits per heavy atom. The summed E-state index contributed by atoms with van der Waals surface area (Å²) in [4.78, 5) is 0. The van der Waals surface area contributed by atoms with Gasteiger partial charge in [0.1, 0.15) is 0 Å². The Labute approximate surface area is 502 Å². The van der Waals surface area contributed by atoms with Gasteiger partial charge in [0.2, 0.25) is 7.38 Å². The lowest BCUT2D eigenvalue weighted by atomic mass is 9.90. The van der Waals surface area contributed by atoms with Crippen LogP contribution in [0.5, 0.6) is 0 Å². The minimum atomic E-state index is -3.50. The van der Waals surface area contributed by atoms with Crippen molar-refractivity contribution in [2.45, 2.75) is 0 Å². The number of hydrogen-bond donors (Lipinski definition) is 0. The first-order valence-electron chi connectivity index (χ1n) is 29.8. The predicted octanol–water partition coefficient (Wildman–Crippen LogP) is 21.7. The molecule has 0 aromatic heterocycles. The van der Waals surface area contributed by atoms with Gasteiger partial charge in [-0.1, -0.05) is 218 Å². The average Bonchev–Trinajstić information content (AvgIpc) is 1.01. The SMILES string of the molecule is Cl[Si](c1cccc(-c2cc3cc4ccccc4cc3c3cc4ccccc4cc23)c1)(c1cccc(-c2cc3cc4ccccc4cc3c3cc4ccccc4cc23)c1)c1cccc(-c2cc3cc4ccccc4cc3c3cc4ccccc4cc23)c1. The molecule has 0 unspecified atom stereocenters. The van der Waals surface area contributed by atoms with Gasteiger partial charge in [-0.15, -0.1) is 11.1 Å². The molecule has 0 N–H and O–H groups in total. The van der Waals surface area contributed by atoms with Crippen LogP contribution in [0.2, 0.25) is 0 Å². The van der Waals surface area contributed by atoms with Gasteiger partial charge in [0.15, 0.2) is 0 Å². The van der Waals surface area contributed by atoms with E-state index in [1.165, 1.54) is 146 Å². The van der Waals surface area contributed by atoms with Crippen LogP contribution in [0.3, 0.4) is 0 Å². The third-order valence-corrected chi connectivity index (χ3v) is 24.0. The zero-order chi connectivity index (χ0) is 56.6. The van der Waals surface area contributed by atoms with Crippen molar-refractivity contribution in [1.82, 2.24) is 0 Å². The number of rotatable bonds is 6.